The molecule has 0 saturated carbocycles. The standard InChI is InChI=1S/C36H46N8O5/c1-23(47-5)34-42-41-32-15-12-24(22-44(32)34)49-29-14-13-27(25-9-6-7-10-26(25)29)37-35(46)40-31-21-30(36(2,3)4)38-33(39-31)28(45)11-8-16-43-17-19-48-20-18-43/h6-7,9-10,12,15,21-23,27,29H,8,11,13-14,16-20H2,1-5H3,(H2,37,38,39,40,46)/t23-,27-,29+/m0/s1. The van der Waals surface area contributed by atoms with Crippen LogP contribution in [0.2, 0.25) is 0 Å². The molecule has 0 spiro atoms. The van der Waals surface area contributed by atoms with Crippen LogP contribution in [0.3, 0.4) is 0 Å². The summed E-state index contributed by atoms with van der Waals surface area (Å²) in [7, 11) is 1.64. The molecule has 6 rings (SSSR count). The second kappa shape index (κ2) is 15.0. The number of pyridine rings is 1. The molecule has 49 heavy (non-hydrogen) atoms. The third kappa shape index (κ3) is 8.23. The molecule has 4 aromatic rings. The third-order valence-corrected chi connectivity index (χ3v) is 9.11. The molecule has 0 unspecified atom stereocenters. The summed E-state index contributed by atoms with van der Waals surface area (Å²) in [6.07, 6.45) is 3.85. The van der Waals surface area contributed by atoms with E-state index in [1.165, 1.54) is 0 Å². The Morgan fingerprint density at radius 1 is 1.04 bits per heavy atom. The zero-order valence-corrected chi connectivity index (χ0v) is 28.9. The summed E-state index contributed by atoms with van der Waals surface area (Å²) in [5.74, 6) is 1.67. The number of benzene rings is 1. The molecule has 260 valence electrons. The Hall–Kier alpha value is -4.46. The maximum absolute atomic E-state index is 13.4. The van der Waals surface area contributed by atoms with Gasteiger partial charge in [0.1, 0.15) is 23.8 Å². The van der Waals surface area contributed by atoms with E-state index in [1.54, 1.807) is 13.2 Å². The van der Waals surface area contributed by atoms with E-state index in [1.807, 2.05) is 74.7 Å². The van der Waals surface area contributed by atoms with Gasteiger partial charge in [0.25, 0.3) is 0 Å². The van der Waals surface area contributed by atoms with Crippen molar-refractivity contribution >= 4 is 23.3 Å². The monoisotopic (exact) mass is 670 g/mol. The minimum atomic E-state index is -0.402. The predicted octanol–water partition coefficient (Wildman–Crippen LogP) is 5.60. The first-order valence-corrected chi connectivity index (χ1v) is 17.0. The van der Waals surface area contributed by atoms with Gasteiger partial charge in [-0.1, -0.05) is 45.0 Å². The van der Waals surface area contributed by atoms with Crippen LogP contribution < -0.4 is 15.4 Å². The van der Waals surface area contributed by atoms with Crippen molar-refractivity contribution in [1.82, 2.24) is 34.8 Å². The average molecular weight is 671 g/mol. The molecule has 1 fully saturated rings. The van der Waals surface area contributed by atoms with E-state index in [9.17, 15) is 9.59 Å². The van der Waals surface area contributed by atoms with Crippen molar-refractivity contribution in [2.24, 2.45) is 0 Å². The number of anilines is 1. The van der Waals surface area contributed by atoms with Gasteiger partial charge in [0.15, 0.2) is 23.1 Å². The minimum Gasteiger partial charge on any atom is -0.484 e. The van der Waals surface area contributed by atoms with Crippen LogP contribution in [0, 0.1) is 0 Å². The molecule has 2 amide bonds. The highest BCUT2D eigenvalue weighted by Gasteiger charge is 2.30. The molecule has 2 N–H and O–H groups in total. The molecule has 1 aliphatic carbocycles. The number of methoxy groups -OCH3 is 1. The Labute approximate surface area is 286 Å². The summed E-state index contributed by atoms with van der Waals surface area (Å²) < 4.78 is 19.3. The first kappa shape index (κ1) is 34.4. The quantitative estimate of drug-likeness (QED) is 0.194. The van der Waals surface area contributed by atoms with E-state index < -0.39 is 6.03 Å². The van der Waals surface area contributed by atoms with Gasteiger partial charge in [-0.2, -0.15) is 0 Å². The molecule has 3 aromatic heterocycles. The number of aromatic nitrogens is 5. The lowest BCUT2D eigenvalue weighted by molar-refractivity contribution is 0.0371. The second-order valence-corrected chi connectivity index (χ2v) is 13.7. The fraction of sp³-hybridized carbons (Fsp3) is 0.500. The van der Waals surface area contributed by atoms with E-state index >= 15 is 0 Å². The highest BCUT2D eigenvalue weighted by atomic mass is 16.5. The number of carbonyl (C=O) groups excluding carboxylic acids is 2. The van der Waals surface area contributed by atoms with E-state index in [0.29, 0.717) is 54.4 Å². The second-order valence-electron chi connectivity index (χ2n) is 13.7. The van der Waals surface area contributed by atoms with E-state index in [0.717, 1.165) is 44.0 Å². The van der Waals surface area contributed by atoms with Crippen LogP contribution in [-0.2, 0) is 14.9 Å². The molecule has 13 nitrogen and oxygen atoms in total. The number of hydrogen-bond donors (Lipinski definition) is 2. The SMILES string of the molecule is CO[C@@H](C)c1nnc2ccc(O[C@@H]3CC[C@H](NC(=O)Nc4cc(C(C)(C)C)nc(C(=O)CCCN5CCOCC5)n4)c4ccccc43)cn12. The smallest absolute Gasteiger partial charge is 0.320 e. The van der Waals surface area contributed by atoms with Gasteiger partial charge in [-0.15, -0.1) is 10.2 Å². The Bertz CT molecular complexity index is 1780. The lowest BCUT2D eigenvalue weighted by Gasteiger charge is -2.32. The lowest BCUT2D eigenvalue weighted by atomic mass is 9.85. The Balaban J connectivity index is 1.13. The first-order valence-electron chi connectivity index (χ1n) is 17.0. The first-order chi connectivity index (χ1) is 23.6. The Kier molecular flexibility index (Phi) is 10.5. The number of fused-ring (bicyclic) bond motifs is 2. The molecule has 1 saturated heterocycles. The van der Waals surface area contributed by atoms with Crippen LogP contribution >= 0.6 is 0 Å². The average Bonchev–Trinajstić information content (AvgIpc) is 3.52. The van der Waals surface area contributed by atoms with Crippen LogP contribution in [0.25, 0.3) is 5.65 Å². The third-order valence-electron chi connectivity index (χ3n) is 9.11. The molecule has 0 bridgehead atoms. The summed E-state index contributed by atoms with van der Waals surface area (Å²) in [5, 5.41) is 14.5. The number of amides is 2. The molecule has 4 heterocycles. The number of nitrogens with one attached hydrogen (secondary N) is 2. The van der Waals surface area contributed by atoms with Crippen molar-refractivity contribution in [2.75, 3.05) is 45.3 Å². The number of ketones is 1. The number of rotatable bonds is 11. The fourth-order valence-corrected chi connectivity index (χ4v) is 6.26. The maximum Gasteiger partial charge on any atom is 0.320 e. The molecule has 3 atom stereocenters. The Morgan fingerprint density at radius 3 is 2.57 bits per heavy atom. The molecular formula is C36H46N8O5. The van der Waals surface area contributed by atoms with Gasteiger partial charge in [-0.25, -0.2) is 14.8 Å². The zero-order chi connectivity index (χ0) is 34.5. The van der Waals surface area contributed by atoms with E-state index in [-0.39, 0.29) is 35.3 Å². The molecule has 1 aliphatic heterocycles. The van der Waals surface area contributed by atoms with Crippen molar-refractivity contribution in [2.45, 2.75) is 77.0 Å². The minimum absolute atomic E-state index is 0.126. The molecule has 0 radical (unpaired) electrons. The van der Waals surface area contributed by atoms with Crippen LogP contribution in [0.1, 0.15) is 105 Å². The summed E-state index contributed by atoms with van der Waals surface area (Å²) in [4.78, 5) is 38.0. The van der Waals surface area contributed by atoms with Gasteiger partial charge in [0, 0.05) is 38.1 Å². The summed E-state index contributed by atoms with van der Waals surface area (Å²) in [6, 6.07) is 12.9. The van der Waals surface area contributed by atoms with Gasteiger partial charge < -0.3 is 19.5 Å². The zero-order valence-electron chi connectivity index (χ0n) is 28.9. The molecule has 2 aliphatic rings. The summed E-state index contributed by atoms with van der Waals surface area (Å²) in [5.41, 5.74) is 3.05. The molecule has 1 aromatic carbocycles. The van der Waals surface area contributed by atoms with E-state index in [2.05, 4.69) is 35.7 Å². The highest BCUT2D eigenvalue weighted by Crippen LogP contribution is 2.39. The Morgan fingerprint density at radius 2 is 1.82 bits per heavy atom. The number of carbonyl (C=O) groups is 2. The van der Waals surface area contributed by atoms with Crippen molar-refractivity contribution in [3.8, 4) is 5.75 Å². The fourth-order valence-electron chi connectivity index (χ4n) is 6.26. The van der Waals surface area contributed by atoms with Gasteiger partial charge in [0.05, 0.1) is 31.1 Å². The number of hydrogen-bond acceptors (Lipinski definition) is 10. The number of ether oxygens (including phenoxy) is 3. The number of Topliss-reactive ketones (excluding diaryl/α,β-unsaturated/α-hetero) is 1. The topological polar surface area (TPSA) is 145 Å². The number of nitrogens with zero attached hydrogens (tertiary/aromatic N) is 6. The van der Waals surface area contributed by atoms with Gasteiger partial charge >= 0.3 is 6.03 Å². The van der Waals surface area contributed by atoms with Gasteiger partial charge in [-0.05, 0) is 56.0 Å². The van der Waals surface area contributed by atoms with E-state index in [4.69, 9.17) is 14.2 Å². The van der Waals surface area contributed by atoms with Crippen molar-refractivity contribution in [3.63, 3.8) is 0 Å². The summed E-state index contributed by atoms with van der Waals surface area (Å²) in [6.45, 7) is 12.0. The van der Waals surface area contributed by atoms with Gasteiger partial charge in [-0.3, -0.25) is 19.4 Å². The molecule has 13 heteroatoms. The van der Waals surface area contributed by atoms with Crippen molar-refractivity contribution in [3.05, 3.63) is 77.1 Å². The maximum atomic E-state index is 13.4. The van der Waals surface area contributed by atoms with Crippen LogP contribution in [-0.4, -0.2) is 81.2 Å². The van der Waals surface area contributed by atoms with Gasteiger partial charge in [0.2, 0.25) is 0 Å². The van der Waals surface area contributed by atoms with Crippen molar-refractivity contribution < 1.29 is 23.8 Å². The van der Waals surface area contributed by atoms with Crippen LogP contribution in [0.4, 0.5) is 10.6 Å². The number of morpholine rings is 1. The van der Waals surface area contributed by atoms with Crippen molar-refractivity contribution in [1.29, 1.82) is 0 Å². The van der Waals surface area contributed by atoms with Crippen LogP contribution in [0.5, 0.6) is 5.75 Å². The lowest BCUT2D eigenvalue weighted by Crippen LogP contribution is -2.37. The predicted molar refractivity (Wildman–Crippen MR) is 184 cm³/mol. The molecular weight excluding hydrogens is 624 g/mol. The highest BCUT2D eigenvalue weighted by molar-refractivity contribution is 5.94. The normalized spacial score (nSPS) is 18.9. The summed E-state index contributed by atoms with van der Waals surface area (Å²) >= 11 is 0. The largest absolute Gasteiger partial charge is 0.484 e. The number of urea groups is 1. The van der Waals surface area contributed by atoms with Crippen LogP contribution in [0.15, 0.2) is 48.7 Å².